The third-order valence-corrected chi connectivity index (χ3v) is 5.26. The number of aliphatic carboxylic acids is 1. The third kappa shape index (κ3) is 8.85. The van der Waals surface area contributed by atoms with E-state index in [-0.39, 0.29) is 18.8 Å². The fourth-order valence-electron chi connectivity index (χ4n) is 2.75. The molecule has 3 amide bonds. The minimum atomic E-state index is -1.49. The maximum Gasteiger partial charge on any atom is 0.328 e. The van der Waals surface area contributed by atoms with Crippen LogP contribution < -0.4 is 21.7 Å². The zero-order valence-corrected chi connectivity index (χ0v) is 19.1. The average molecular weight is 473 g/mol. The van der Waals surface area contributed by atoms with Gasteiger partial charge < -0.3 is 36.9 Å². The number of hydrogen-bond donors (Lipinski definition) is 7. The van der Waals surface area contributed by atoms with Gasteiger partial charge in [-0.15, -0.1) is 0 Å². The van der Waals surface area contributed by atoms with Crippen LogP contribution in [0.4, 0.5) is 0 Å². The summed E-state index contributed by atoms with van der Waals surface area (Å²) in [5.41, 5.74) is 6.60. The highest BCUT2D eigenvalue weighted by Gasteiger charge is 2.31. The molecule has 0 saturated carbocycles. The number of aromatic nitrogens is 2. The molecule has 0 radical (unpaired) electrons. The first-order valence-electron chi connectivity index (χ1n) is 10.1. The van der Waals surface area contributed by atoms with Crippen LogP contribution in [0.25, 0.3) is 0 Å². The van der Waals surface area contributed by atoms with Crippen molar-refractivity contribution in [3.05, 3.63) is 18.2 Å². The summed E-state index contributed by atoms with van der Waals surface area (Å²) < 4.78 is 0. The fraction of sp³-hybridized carbons (Fsp3) is 0.632. The molecule has 180 valence electrons. The van der Waals surface area contributed by atoms with Gasteiger partial charge in [0, 0.05) is 18.3 Å². The molecule has 0 bridgehead atoms. The molecule has 1 heterocycles. The Morgan fingerprint density at radius 3 is 2.28 bits per heavy atom. The number of hydrogen-bond acceptors (Lipinski definition) is 8. The molecule has 4 atom stereocenters. The predicted octanol–water partition coefficient (Wildman–Crippen LogP) is -1.78. The lowest BCUT2D eigenvalue weighted by molar-refractivity contribution is -0.143. The second-order valence-corrected chi connectivity index (χ2v) is 8.53. The van der Waals surface area contributed by atoms with Crippen LogP contribution in [0.1, 0.15) is 26.0 Å². The average Bonchev–Trinajstić information content (AvgIpc) is 3.24. The number of nitrogens with zero attached hydrogens (tertiary/aromatic N) is 1. The number of imidazole rings is 1. The Balaban J connectivity index is 2.84. The summed E-state index contributed by atoms with van der Waals surface area (Å²) in [5.74, 6) is -3.06. The van der Waals surface area contributed by atoms with Crippen LogP contribution in [0, 0.1) is 5.92 Å². The summed E-state index contributed by atoms with van der Waals surface area (Å²) >= 11 is 1.44. The Labute approximate surface area is 190 Å². The van der Waals surface area contributed by atoms with Crippen molar-refractivity contribution in [3.63, 3.8) is 0 Å². The van der Waals surface area contributed by atoms with Crippen LogP contribution in [0.5, 0.6) is 0 Å². The van der Waals surface area contributed by atoms with E-state index in [4.69, 9.17) is 15.9 Å². The molecule has 8 N–H and O–H groups in total. The third-order valence-electron chi connectivity index (χ3n) is 4.62. The number of amides is 3. The molecule has 1 aromatic rings. The second kappa shape index (κ2) is 13.7. The lowest BCUT2D eigenvalue weighted by atomic mass is 10.0. The van der Waals surface area contributed by atoms with Crippen molar-refractivity contribution in [1.82, 2.24) is 25.9 Å². The Bertz CT molecular complexity index is 759. The van der Waals surface area contributed by atoms with Crippen molar-refractivity contribution in [1.29, 1.82) is 0 Å². The van der Waals surface area contributed by atoms with Crippen molar-refractivity contribution >= 4 is 35.5 Å². The molecule has 13 heteroatoms. The maximum atomic E-state index is 12.9. The van der Waals surface area contributed by atoms with Gasteiger partial charge in [-0.2, -0.15) is 11.8 Å². The summed E-state index contributed by atoms with van der Waals surface area (Å²) in [4.78, 5) is 55.7. The maximum absolute atomic E-state index is 12.9. The van der Waals surface area contributed by atoms with Gasteiger partial charge in [0.05, 0.1) is 19.0 Å². The number of carboxylic acids is 1. The molecular formula is C19H32N6O6S. The summed E-state index contributed by atoms with van der Waals surface area (Å²) in [6, 6.07) is -4.41. The summed E-state index contributed by atoms with van der Waals surface area (Å²) in [6.45, 7) is 2.67. The molecule has 0 aliphatic heterocycles. The van der Waals surface area contributed by atoms with Gasteiger partial charge >= 0.3 is 5.97 Å². The van der Waals surface area contributed by atoms with E-state index in [2.05, 4.69) is 25.9 Å². The smallest absolute Gasteiger partial charge is 0.328 e. The van der Waals surface area contributed by atoms with Crippen molar-refractivity contribution in [3.8, 4) is 0 Å². The van der Waals surface area contributed by atoms with Crippen LogP contribution in [0.3, 0.4) is 0 Å². The standard InChI is InChI=1S/C19H32N6O6S/c1-10(2)15(25-16(27)12(20)6-11-7-21-9-22-11)18(29)23-13(4-5-32-3)17(28)24-14(8-26)19(30)31/h7,9-10,12-15,26H,4-6,8,20H2,1-3H3,(H,21,22)(H,23,29)(H,24,28)(H,25,27)(H,30,31). The Kier molecular flexibility index (Phi) is 11.7. The highest BCUT2D eigenvalue weighted by molar-refractivity contribution is 7.98. The molecule has 12 nitrogen and oxygen atoms in total. The lowest BCUT2D eigenvalue weighted by Gasteiger charge is -2.26. The molecular weight excluding hydrogens is 440 g/mol. The van der Waals surface area contributed by atoms with E-state index in [9.17, 15) is 19.2 Å². The molecule has 0 aromatic carbocycles. The Hall–Kier alpha value is -2.64. The van der Waals surface area contributed by atoms with E-state index < -0.39 is 54.5 Å². The zero-order chi connectivity index (χ0) is 24.3. The largest absolute Gasteiger partial charge is 0.480 e. The van der Waals surface area contributed by atoms with E-state index in [1.54, 1.807) is 20.0 Å². The first-order chi connectivity index (χ1) is 15.1. The van der Waals surface area contributed by atoms with Crippen LogP contribution in [0.15, 0.2) is 12.5 Å². The van der Waals surface area contributed by atoms with E-state index in [0.717, 1.165) is 0 Å². The van der Waals surface area contributed by atoms with Gasteiger partial charge in [0.15, 0.2) is 0 Å². The number of carbonyl (C=O) groups is 4. The van der Waals surface area contributed by atoms with Crippen LogP contribution >= 0.6 is 11.8 Å². The lowest BCUT2D eigenvalue weighted by Crippen LogP contribution is -2.59. The zero-order valence-electron chi connectivity index (χ0n) is 18.3. The normalized spacial score (nSPS) is 14.8. The van der Waals surface area contributed by atoms with Crippen LogP contribution in [-0.4, -0.2) is 86.7 Å². The molecule has 1 aromatic heterocycles. The molecule has 0 spiro atoms. The summed E-state index contributed by atoms with van der Waals surface area (Å²) in [6.07, 6.45) is 5.27. The number of aliphatic hydroxyl groups is 1. The molecule has 0 aliphatic carbocycles. The first kappa shape index (κ1) is 27.4. The van der Waals surface area contributed by atoms with Gasteiger partial charge in [-0.3, -0.25) is 14.4 Å². The molecule has 4 unspecified atom stereocenters. The van der Waals surface area contributed by atoms with Gasteiger partial charge in [0.2, 0.25) is 17.7 Å². The van der Waals surface area contributed by atoms with Gasteiger partial charge in [0.1, 0.15) is 18.1 Å². The van der Waals surface area contributed by atoms with E-state index >= 15 is 0 Å². The van der Waals surface area contributed by atoms with Crippen molar-refractivity contribution < 1.29 is 29.4 Å². The van der Waals surface area contributed by atoms with E-state index in [0.29, 0.717) is 11.4 Å². The molecule has 0 aliphatic rings. The summed E-state index contributed by atoms with van der Waals surface area (Å²) in [5, 5.41) is 25.6. The van der Waals surface area contributed by atoms with Gasteiger partial charge in [-0.05, 0) is 24.3 Å². The monoisotopic (exact) mass is 472 g/mol. The highest BCUT2D eigenvalue weighted by atomic mass is 32.2. The van der Waals surface area contributed by atoms with Crippen molar-refractivity contribution in [2.45, 2.75) is 50.9 Å². The quantitative estimate of drug-likeness (QED) is 0.163. The number of aromatic amines is 1. The number of nitrogens with two attached hydrogens (primary N) is 1. The van der Waals surface area contributed by atoms with Gasteiger partial charge in [0.25, 0.3) is 0 Å². The number of nitrogens with one attached hydrogen (secondary N) is 4. The minimum absolute atomic E-state index is 0.203. The molecule has 0 saturated heterocycles. The number of H-pyrrole nitrogens is 1. The summed E-state index contributed by atoms with van der Waals surface area (Å²) in [7, 11) is 0. The van der Waals surface area contributed by atoms with Crippen molar-refractivity contribution in [2.75, 3.05) is 18.6 Å². The minimum Gasteiger partial charge on any atom is -0.480 e. The van der Waals surface area contributed by atoms with E-state index in [1.807, 2.05) is 6.26 Å². The Morgan fingerprint density at radius 2 is 1.78 bits per heavy atom. The second-order valence-electron chi connectivity index (χ2n) is 7.54. The number of rotatable bonds is 14. The first-order valence-corrected chi connectivity index (χ1v) is 11.5. The molecule has 0 fully saturated rings. The predicted molar refractivity (Wildman–Crippen MR) is 119 cm³/mol. The van der Waals surface area contributed by atoms with Crippen molar-refractivity contribution in [2.24, 2.45) is 11.7 Å². The number of carbonyl (C=O) groups excluding carboxylic acids is 3. The van der Waals surface area contributed by atoms with Crippen LogP contribution in [0.2, 0.25) is 0 Å². The topological polar surface area (TPSA) is 200 Å². The number of carboxylic acid groups (broad SMARTS) is 1. The van der Waals surface area contributed by atoms with Gasteiger partial charge in [-0.25, -0.2) is 9.78 Å². The van der Waals surface area contributed by atoms with E-state index in [1.165, 1.54) is 18.1 Å². The van der Waals surface area contributed by atoms with Crippen LogP contribution in [-0.2, 0) is 25.6 Å². The molecule has 1 rings (SSSR count). The SMILES string of the molecule is CSCCC(NC(=O)C(NC(=O)C(N)Cc1cnc[nH]1)C(C)C)C(=O)NC(CO)C(=O)O. The Morgan fingerprint density at radius 1 is 1.12 bits per heavy atom. The highest BCUT2D eigenvalue weighted by Crippen LogP contribution is 2.07. The van der Waals surface area contributed by atoms with Gasteiger partial charge in [-0.1, -0.05) is 13.8 Å². The number of aliphatic hydroxyl groups excluding tert-OH is 1. The fourth-order valence-corrected chi connectivity index (χ4v) is 3.22. The molecule has 32 heavy (non-hydrogen) atoms. The number of thioether (sulfide) groups is 1.